The van der Waals surface area contributed by atoms with Gasteiger partial charge in [-0.1, -0.05) is 30.3 Å². The lowest BCUT2D eigenvalue weighted by Crippen LogP contribution is -2.34. The van der Waals surface area contributed by atoms with Crippen LogP contribution < -0.4 is 0 Å². The number of benzene rings is 1. The summed E-state index contributed by atoms with van der Waals surface area (Å²) in [5.74, 6) is -0.472. The van der Waals surface area contributed by atoms with Crippen molar-refractivity contribution in [1.82, 2.24) is 4.90 Å². The summed E-state index contributed by atoms with van der Waals surface area (Å²) in [5, 5.41) is 0. The molecule has 118 valence electrons. The summed E-state index contributed by atoms with van der Waals surface area (Å²) in [6, 6.07) is 9.16. The van der Waals surface area contributed by atoms with Gasteiger partial charge in [0.2, 0.25) is 0 Å². The third-order valence-corrected chi connectivity index (χ3v) is 2.58. The number of hydrogen-bond donors (Lipinski definition) is 0. The fraction of sp³-hybridized carbons (Fsp3) is 0.500. The molecule has 0 unspecified atom stereocenters. The number of nitrogens with zero attached hydrogens (tertiary/aromatic N) is 1. The van der Waals surface area contributed by atoms with E-state index in [2.05, 4.69) is 4.74 Å². The molecule has 0 N–H and O–H groups in total. The maximum absolute atomic E-state index is 12.0. The molecule has 1 aromatic carbocycles. The zero-order valence-electron chi connectivity index (χ0n) is 11.7. The maximum atomic E-state index is 12.0. The van der Waals surface area contributed by atoms with Crippen molar-refractivity contribution in [3.8, 4) is 0 Å². The van der Waals surface area contributed by atoms with E-state index in [1.54, 1.807) is 11.8 Å². The number of carbonyl (C=O) groups excluding carboxylic acids is 1. The van der Waals surface area contributed by atoms with Gasteiger partial charge in [-0.2, -0.15) is 0 Å². The first-order chi connectivity index (χ1) is 9.90. The highest BCUT2D eigenvalue weighted by Gasteiger charge is 2.29. The number of esters is 1. The van der Waals surface area contributed by atoms with Crippen molar-refractivity contribution in [2.24, 2.45) is 0 Å². The van der Waals surface area contributed by atoms with Crippen molar-refractivity contribution in [2.75, 3.05) is 26.3 Å². The smallest absolute Gasteiger partial charge is 0.465 e. The third-order valence-electron chi connectivity index (χ3n) is 2.58. The van der Waals surface area contributed by atoms with Crippen molar-refractivity contribution >= 4 is 5.97 Å². The van der Waals surface area contributed by atoms with Gasteiger partial charge in [0.05, 0.1) is 19.8 Å². The molecule has 21 heavy (non-hydrogen) atoms. The third kappa shape index (κ3) is 8.31. The quantitative estimate of drug-likeness (QED) is 0.692. The number of hydrogen-bond acceptors (Lipinski definition) is 4. The van der Waals surface area contributed by atoms with E-state index < -0.39 is 18.9 Å². The number of rotatable bonds is 8. The zero-order valence-corrected chi connectivity index (χ0v) is 11.7. The topological polar surface area (TPSA) is 38.8 Å². The Hall–Kier alpha value is -1.60. The summed E-state index contributed by atoms with van der Waals surface area (Å²) in [6.45, 7) is 1.62. The monoisotopic (exact) mass is 305 g/mol. The molecule has 7 heteroatoms. The summed E-state index contributed by atoms with van der Waals surface area (Å²) in [4.78, 5) is 13.0. The molecule has 0 spiro atoms. The molecule has 0 aliphatic heterocycles. The van der Waals surface area contributed by atoms with E-state index >= 15 is 0 Å². The molecule has 0 aromatic heterocycles. The largest absolute Gasteiger partial charge is 0.522 e. The molecule has 1 rings (SSSR count). The average molecular weight is 305 g/mol. The Morgan fingerprint density at radius 2 is 1.90 bits per heavy atom. The first-order valence-corrected chi connectivity index (χ1v) is 6.53. The van der Waals surface area contributed by atoms with Gasteiger partial charge in [0.25, 0.3) is 0 Å². The van der Waals surface area contributed by atoms with Gasteiger partial charge in [-0.3, -0.25) is 14.4 Å². The minimum absolute atomic E-state index is 0.0206. The highest BCUT2D eigenvalue weighted by Crippen LogP contribution is 2.16. The van der Waals surface area contributed by atoms with E-state index in [0.717, 1.165) is 5.56 Å². The molecule has 0 aliphatic carbocycles. The van der Waals surface area contributed by atoms with Gasteiger partial charge in [0.15, 0.2) is 0 Å². The normalized spacial score (nSPS) is 11.7. The van der Waals surface area contributed by atoms with Crippen LogP contribution >= 0.6 is 0 Å². The summed E-state index contributed by atoms with van der Waals surface area (Å²) >= 11 is 0. The Morgan fingerprint density at radius 1 is 1.24 bits per heavy atom. The molecule has 0 radical (unpaired) electrons. The number of ether oxygens (including phenoxy) is 2. The fourth-order valence-corrected chi connectivity index (χ4v) is 1.74. The predicted molar refractivity (Wildman–Crippen MR) is 70.4 cm³/mol. The van der Waals surface area contributed by atoms with Gasteiger partial charge in [0, 0.05) is 13.1 Å². The second kappa shape index (κ2) is 8.63. The lowest BCUT2D eigenvalue weighted by atomic mass is 10.2. The molecule has 0 saturated heterocycles. The van der Waals surface area contributed by atoms with Crippen LogP contribution in [0, 0.1) is 0 Å². The van der Waals surface area contributed by atoms with Crippen molar-refractivity contribution < 1.29 is 27.4 Å². The van der Waals surface area contributed by atoms with Crippen LogP contribution in [0.5, 0.6) is 0 Å². The lowest BCUT2D eigenvalue weighted by molar-refractivity contribution is -0.325. The molecule has 0 bridgehead atoms. The van der Waals surface area contributed by atoms with Crippen LogP contribution in [0.4, 0.5) is 13.2 Å². The molecule has 0 saturated carbocycles. The number of alkyl halides is 3. The van der Waals surface area contributed by atoms with Gasteiger partial charge in [0.1, 0.15) is 0 Å². The van der Waals surface area contributed by atoms with E-state index in [9.17, 15) is 18.0 Å². The predicted octanol–water partition coefficient (Wildman–Crippen LogP) is 2.59. The SMILES string of the molecule is CCOC(=O)CN(CCOC(F)(F)F)Cc1ccccc1. The summed E-state index contributed by atoms with van der Waals surface area (Å²) in [7, 11) is 0. The van der Waals surface area contributed by atoms with Crippen molar-refractivity contribution in [2.45, 2.75) is 19.8 Å². The van der Waals surface area contributed by atoms with Crippen LogP contribution in [0.2, 0.25) is 0 Å². The van der Waals surface area contributed by atoms with Gasteiger partial charge < -0.3 is 4.74 Å². The summed E-state index contributed by atoms with van der Waals surface area (Å²) < 4.78 is 44.5. The standard InChI is InChI=1S/C14H18F3NO3/c1-2-20-13(19)11-18(8-9-21-14(15,16)17)10-12-6-4-3-5-7-12/h3-7H,2,8-11H2,1H3. The number of halogens is 3. The molecular weight excluding hydrogens is 287 g/mol. The minimum atomic E-state index is -4.66. The molecular formula is C14H18F3NO3. The van der Waals surface area contributed by atoms with Crippen LogP contribution in [-0.2, 0) is 20.8 Å². The average Bonchev–Trinajstić information content (AvgIpc) is 2.38. The fourth-order valence-electron chi connectivity index (χ4n) is 1.74. The highest BCUT2D eigenvalue weighted by molar-refractivity contribution is 5.71. The maximum Gasteiger partial charge on any atom is 0.522 e. The van der Waals surface area contributed by atoms with Gasteiger partial charge in [-0.05, 0) is 12.5 Å². The Kier molecular flexibility index (Phi) is 7.18. The molecule has 0 heterocycles. The zero-order chi connectivity index (χ0) is 15.7. The van der Waals surface area contributed by atoms with E-state index in [1.807, 2.05) is 30.3 Å². The molecule has 0 amide bonds. The van der Waals surface area contributed by atoms with Gasteiger partial charge in [-0.25, -0.2) is 0 Å². The highest BCUT2D eigenvalue weighted by atomic mass is 19.4. The molecule has 0 fully saturated rings. The Morgan fingerprint density at radius 3 is 2.48 bits per heavy atom. The summed E-state index contributed by atoms with van der Waals surface area (Å²) in [5.41, 5.74) is 0.897. The van der Waals surface area contributed by atoms with Crippen molar-refractivity contribution in [3.05, 3.63) is 35.9 Å². The summed E-state index contributed by atoms with van der Waals surface area (Å²) in [6.07, 6.45) is -4.66. The first-order valence-electron chi connectivity index (χ1n) is 6.53. The van der Waals surface area contributed by atoms with E-state index in [-0.39, 0.29) is 19.7 Å². The molecule has 1 aromatic rings. The second-order valence-corrected chi connectivity index (χ2v) is 4.30. The van der Waals surface area contributed by atoms with Gasteiger partial charge >= 0.3 is 12.3 Å². The van der Waals surface area contributed by atoms with Crippen LogP contribution in [-0.4, -0.2) is 43.5 Å². The van der Waals surface area contributed by atoms with E-state index in [1.165, 1.54) is 0 Å². The Balaban J connectivity index is 2.55. The van der Waals surface area contributed by atoms with E-state index in [4.69, 9.17) is 4.74 Å². The lowest BCUT2D eigenvalue weighted by Gasteiger charge is -2.21. The van der Waals surface area contributed by atoms with Gasteiger partial charge in [-0.15, -0.1) is 13.2 Å². The Bertz CT molecular complexity index is 423. The Labute approximate surface area is 121 Å². The first kappa shape index (κ1) is 17.5. The van der Waals surface area contributed by atoms with Crippen molar-refractivity contribution in [3.63, 3.8) is 0 Å². The van der Waals surface area contributed by atoms with Crippen molar-refractivity contribution in [1.29, 1.82) is 0 Å². The van der Waals surface area contributed by atoms with E-state index in [0.29, 0.717) is 6.54 Å². The van der Waals surface area contributed by atoms with Crippen LogP contribution in [0.25, 0.3) is 0 Å². The molecule has 0 aliphatic rings. The van der Waals surface area contributed by atoms with Crippen LogP contribution in [0.15, 0.2) is 30.3 Å². The molecule has 0 atom stereocenters. The number of carbonyl (C=O) groups is 1. The second-order valence-electron chi connectivity index (χ2n) is 4.30. The minimum Gasteiger partial charge on any atom is -0.465 e. The molecule has 4 nitrogen and oxygen atoms in total. The van der Waals surface area contributed by atoms with Crippen LogP contribution in [0.1, 0.15) is 12.5 Å². The van der Waals surface area contributed by atoms with Crippen LogP contribution in [0.3, 0.4) is 0 Å².